The van der Waals surface area contributed by atoms with Gasteiger partial charge in [-0.05, 0) is 41.7 Å². The van der Waals surface area contributed by atoms with Gasteiger partial charge < -0.3 is 19.9 Å². The molecule has 1 spiro atoms. The molecule has 1 fully saturated rings. The maximum atomic E-state index is 12.9. The Morgan fingerprint density at radius 3 is 2.74 bits per heavy atom. The second-order valence-electron chi connectivity index (χ2n) is 10.5. The van der Waals surface area contributed by atoms with E-state index in [0.717, 1.165) is 53.7 Å². The summed E-state index contributed by atoms with van der Waals surface area (Å²) in [6, 6.07) is 22.7. The minimum absolute atomic E-state index is 0.0302. The minimum Gasteiger partial charge on any atom is -0.504 e. The van der Waals surface area contributed by atoms with Crippen molar-refractivity contribution in [1.29, 1.82) is 0 Å². The Balaban J connectivity index is 1.37. The number of hydrogen-bond donors (Lipinski definition) is 3. The first-order valence-corrected chi connectivity index (χ1v) is 12.2. The van der Waals surface area contributed by atoms with Gasteiger partial charge in [-0.3, -0.25) is 4.90 Å². The highest BCUT2D eigenvalue weighted by Crippen LogP contribution is 2.69. The Bertz CT molecular complexity index is 1480. The molecule has 4 atom stereocenters. The Morgan fingerprint density at radius 1 is 1.03 bits per heavy atom. The van der Waals surface area contributed by atoms with Crippen LogP contribution < -0.4 is 4.74 Å². The Morgan fingerprint density at radius 2 is 1.85 bits per heavy atom. The van der Waals surface area contributed by atoms with Gasteiger partial charge in [-0.1, -0.05) is 54.6 Å². The number of ether oxygens (including phenoxy) is 1. The molecule has 3 aromatic carbocycles. The van der Waals surface area contributed by atoms with Crippen LogP contribution in [0.25, 0.3) is 10.9 Å². The van der Waals surface area contributed by atoms with Crippen LogP contribution in [0.3, 0.4) is 0 Å². The number of rotatable bonds is 2. The van der Waals surface area contributed by atoms with E-state index in [2.05, 4.69) is 52.3 Å². The average molecular weight is 451 g/mol. The van der Waals surface area contributed by atoms with Crippen LogP contribution in [-0.2, 0) is 24.8 Å². The number of H-pyrrole nitrogens is 1. The van der Waals surface area contributed by atoms with Gasteiger partial charge in [-0.25, -0.2) is 0 Å². The molecular formula is C29H26N2O3. The molecule has 34 heavy (non-hydrogen) atoms. The Hall–Kier alpha value is -3.28. The fraction of sp³-hybridized carbons (Fsp3) is 0.310. The molecule has 0 saturated carbocycles. The monoisotopic (exact) mass is 450 g/mol. The first-order valence-electron chi connectivity index (χ1n) is 12.2. The van der Waals surface area contributed by atoms with Crippen molar-refractivity contribution in [2.75, 3.05) is 6.54 Å². The highest BCUT2D eigenvalue weighted by Gasteiger charge is 2.72. The summed E-state index contributed by atoms with van der Waals surface area (Å²) < 4.78 is 6.62. The maximum absolute atomic E-state index is 12.9. The van der Waals surface area contributed by atoms with Crippen LogP contribution in [0.4, 0.5) is 0 Å². The van der Waals surface area contributed by atoms with E-state index in [0.29, 0.717) is 12.2 Å². The third kappa shape index (κ3) is 2.09. The van der Waals surface area contributed by atoms with Crippen molar-refractivity contribution in [3.63, 3.8) is 0 Å². The fourth-order valence-electron chi connectivity index (χ4n) is 7.73. The average Bonchev–Trinajstić information content (AvgIpc) is 3.38. The number of phenolic OH excluding ortho intramolecular Hbond substituents is 1. The van der Waals surface area contributed by atoms with E-state index < -0.39 is 11.0 Å². The van der Waals surface area contributed by atoms with Gasteiger partial charge in [0.1, 0.15) is 0 Å². The lowest BCUT2D eigenvalue weighted by Crippen LogP contribution is -2.74. The predicted octanol–water partition coefficient (Wildman–Crippen LogP) is 4.36. The predicted molar refractivity (Wildman–Crippen MR) is 129 cm³/mol. The summed E-state index contributed by atoms with van der Waals surface area (Å²) >= 11 is 0. The van der Waals surface area contributed by atoms with Crippen LogP contribution in [0.15, 0.2) is 66.7 Å². The first-order chi connectivity index (χ1) is 16.6. The van der Waals surface area contributed by atoms with Crippen molar-refractivity contribution in [3.05, 3.63) is 94.7 Å². The lowest BCUT2D eigenvalue weighted by Gasteiger charge is -2.62. The summed E-state index contributed by atoms with van der Waals surface area (Å²) in [7, 11) is 0. The summed E-state index contributed by atoms with van der Waals surface area (Å²) in [6.45, 7) is 1.70. The minimum atomic E-state index is -0.991. The van der Waals surface area contributed by atoms with E-state index >= 15 is 0 Å². The molecule has 5 nitrogen and oxygen atoms in total. The molecule has 1 saturated heterocycles. The Labute approximate surface area is 197 Å². The number of phenols is 1. The number of nitrogens with zero attached hydrogens (tertiary/aromatic N) is 1. The van der Waals surface area contributed by atoms with Crippen LogP contribution >= 0.6 is 0 Å². The number of hydrogen-bond acceptors (Lipinski definition) is 4. The zero-order valence-electron chi connectivity index (χ0n) is 18.8. The maximum Gasteiger partial charge on any atom is 0.166 e. The molecule has 0 radical (unpaired) electrons. The van der Waals surface area contributed by atoms with E-state index in [9.17, 15) is 10.2 Å². The van der Waals surface area contributed by atoms with E-state index in [1.165, 1.54) is 11.1 Å². The van der Waals surface area contributed by atoms with Gasteiger partial charge in [0.05, 0.1) is 16.7 Å². The van der Waals surface area contributed by atoms with Crippen molar-refractivity contribution in [3.8, 4) is 11.5 Å². The topological polar surface area (TPSA) is 68.7 Å². The van der Waals surface area contributed by atoms with Gasteiger partial charge >= 0.3 is 0 Å². The van der Waals surface area contributed by atoms with Crippen molar-refractivity contribution < 1.29 is 14.9 Å². The molecular weight excluding hydrogens is 424 g/mol. The number of fused-ring (bicyclic) bond motifs is 4. The number of likely N-dealkylation sites (tertiary alicyclic amines) is 1. The molecule has 2 bridgehead atoms. The third-order valence-electron chi connectivity index (χ3n) is 9.11. The number of aromatic hydroxyl groups is 1. The smallest absolute Gasteiger partial charge is 0.166 e. The Kier molecular flexibility index (Phi) is 3.50. The molecule has 8 rings (SSSR count). The summed E-state index contributed by atoms with van der Waals surface area (Å²) in [4.78, 5) is 6.12. The van der Waals surface area contributed by atoms with Gasteiger partial charge in [-0.2, -0.15) is 0 Å². The summed E-state index contributed by atoms with van der Waals surface area (Å²) in [5, 5.41) is 24.8. The molecule has 4 aliphatic rings. The standard InChI is InChI=1S/C29H26N2O3/c32-22-11-10-18-14-23-29(33)15-20-19-8-4-5-9-21(19)30-25(20)27-28(29,24(18)26(22)34-27)12-13-31(23)16-17-6-2-1-3-7-17/h1-11,23,27,30,32-33H,12-16H2/t23-,27+,28+,29?/m1/s1. The number of nitrogens with one attached hydrogen (secondary N) is 1. The largest absolute Gasteiger partial charge is 0.504 e. The van der Waals surface area contributed by atoms with Crippen molar-refractivity contribution >= 4 is 10.9 Å². The highest BCUT2D eigenvalue weighted by atomic mass is 16.5. The summed E-state index contributed by atoms with van der Waals surface area (Å²) in [5.74, 6) is 0.745. The van der Waals surface area contributed by atoms with Gasteiger partial charge in [0.2, 0.25) is 0 Å². The van der Waals surface area contributed by atoms with E-state index in [4.69, 9.17) is 4.74 Å². The molecule has 1 unspecified atom stereocenters. The van der Waals surface area contributed by atoms with E-state index in [1.807, 2.05) is 18.2 Å². The van der Waals surface area contributed by atoms with Crippen LogP contribution in [0.1, 0.15) is 40.5 Å². The number of aliphatic hydroxyl groups is 1. The van der Waals surface area contributed by atoms with Gasteiger partial charge in [0, 0.05) is 42.0 Å². The number of aromatic amines is 1. The SMILES string of the molecule is Oc1ccc2c3c1O[C@H]1c4[nH]c5ccccc5c4CC4(O)[C@@H](C2)N(Cc2ccccc2)CC[C@]314. The normalized spacial score (nSPS) is 30.6. The molecule has 1 aromatic heterocycles. The van der Waals surface area contributed by atoms with Crippen molar-refractivity contribution in [2.24, 2.45) is 0 Å². The van der Waals surface area contributed by atoms with Gasteiger partial charge in [0.15, 0.2) is 17.6 Å². The zero-order valence-corrected chi connectivity index (χ0v) is 18.8. The molecule has 0 amide bonds. The van der Waals surface area contributed by atoms with E-state index in [1.54, 1.807) is 6.07 Å². The fourth-order valence-corrected chi connectivity index (χ4v) is 7.73. The van der Waals surface area contributed by atoms with Gasteiger partial charge in [-0.15, -0.1) is 0 Å². The summed E-state index contributed by atoms with van der Waals surface area (Å²) in [5.41, 5.74) is 5.23. The highest BCUT2D eigenvalue weighted by molar-refractivity contribution is 5.86. The van der Waals surface area contributed by atoms with Crippen LogP contribution in [-0.4, -0.2) is 38.3 Å². The van der Waals surface area contributed by atoms with Crippen LogP contribution in [0.5, 0.6) is 11.5 Å². The van der Waals surface area contributed by atoms with Crippen molar-refractivity contribution in [1.82, 2.24) is 9.88 Å². The quantitative estimate of drug-likeness (QED) is 0.424. The lowest BCUT2D eigenvalue weighted by atomic mass is 9.49. The molecule has 4 aromatic rings. The number of piperidine rings is 1. The molecule has 2 aliphatic carbocycles. The molecule has 3 heterocycles. The third-order valence-corrected chi connectivity index (χ3v) is 9.11. The zero-order chi connectivity index (χ0) is 22.7. The number of para-hydroxylation sites is 1. The molecule has 5 heteroatoms. The second-order valence-corrected chi connectivity index (χ2v) is 10.5. The molecule has 170 valence electrons. The first kappa shape index (κ1) is 19.1. The van der Waals surface area contributed by atoms with Crippen molar-refractivity contribution in [2.45, 2.75) is 49.0 Å². The lowest BCUT2D eigenvalue weighted by molar-refractivity contribution is -0.174. The second kappa shape index (κ2) is 6.23. The summed E-state index contributed by atoms with van der Waals surface area (Å²) in [6.07, 6.45) is 1.78. The van der Waals surface area contributed by atoms with Crippen LogP contribution in [0.2, 0.25) is 0 Å². The number of benzene rings is 3. The van der Waals surface area contributed by atoms with E-state index in [-0.39, 0.29) is 17.9 Å². The number of aromatic nitrogens is 1. The van der Waals surface area contributed by atoms with Crippen LogP contribution in [0, 0.1) is 0 Å². The molecule has 3 N–H and O–H groups in total. The molecule has 2 aliphatic heterocycles. The van der Waals surface area contributed by atoms with Gasteiger partial charge in [0.25, 0.3) is 0 Å².